The minimum atomic E-state index is -0.0841. The minimum absolute atomic E-state index is 0.0841. The van der Waals surface area contributed by atoms with Gasteiger partial charge in [0.2, 0.25) is 0 Å². The number of carbonyl (C=O) groups excluding carboxylic acids is 1. The number of nitrogens with two attached hydrogens (primary N) is 1. The van der Waals surface area contributed by atoms with Crippen molar-refractivity contribution in [3.8, 4) is 0 Å². The first kappa shape index (κ1) is 16.3. The van der Waals surface area contributed by atoms with E-state index in [9.17, 15) is 4.79 Å². The predicted octanol–water partition coefficient (Wildman–Crippen LogP) is 1.88. The van der Waals surface area contributed by atoms with E-state index in [2.05, 4.69) is 5.32 Å². The summed E-state index contributed by atoms with van der Waals surface area (Å²) in [6, 6.07) is 5.32. The van der Waals surface area contributed by atoms with Gasteiger partial charge in [-0.2, -0.15) is 0 Å². The van der Waals surface area contributed by atoms with Crippen molar-refractivity contribution in [2.24, 2.45) is 0 Å². The van der Waals surface area contributed by atoms with Crippen LogP contribution in [0, 0.1) is 0 Å². The molecule has 0 saturated carbocycles. The monoisotopic (exact) mass is 279 g/mol. The highest BCUT2D eigenvalue weighted by Crippen LogP contribution is 2.22. The summed E-state index contributed by atoms with van der Waals surface area (Å²) in [6.45, 7) is 7.81. The number of rotatable bonds is 7. The lowest BCUT2D eigenvalue weighted by atomic mass is 10.1. The van der Waals surface area contributed by atoms with Gasteiger partial charge in [0.1, 0.15) is 0 Å². The molecule has 20 heavy (non-hydrogen) atoms. The van der Waals surface area contributed by atoms with Crippen LogP contribution in [0.25, 0.3) is 0 Å². The molecule has 3 N–H and O–H groups in total. The van der Waals surface area contributed by atoms with E-state index in [4.69, 9.17) is 10.5 Å². The third kappa shape index (κ3) is 4.74. The van der Waals surface area contributed by atoms with Gasteiger partial charge in [0, 0.05) is 25.8 Å². The quantitative estimate of drug-likeness (QED) is 0.748. The fourth-order valence-corrected chi connectivity index (χ4v) is 1.86. The Hall–Kier alpha value is -1.75. The normalized spacial score (nSPS) is 10.7. The first-order valence-electron chi connectivity index (χ1n) is 6.96. The van der Waals surface area contributed by atoms with Crippen LogP contribution in [-0.4, -0.2) is 38.8 Å². The second kappa shape index (κ2) is 7.75. The van der Waals surface area contributed by atoms with Gasteiger partial charge in [-0.25, -0.2) is 0 Å². The molecule has 1 rings (SSSR count). The molecular weight excluding hydrogens is 254 g/mol. The van der Waals surface area contributed by atoms with Gasteiger partial charge in [0.05, 0.1) is 24.0 Å². The fraction of sp³-hybridized carbons (Fsp3) is 0.533. The van der Waals surface area contributed by atoms with Crippen LogP contribution >= 0.6 is 0 Å². The van der Waals surface area contributed by atoms with Gasteiger partial charge in [-0.3, -0.25) is 4.79 Å². The number of amides is 1. The van der Waals surface area contributed by atoms with Crippen LogP contribution in [0.15, 0.2) is 18.2 Å². The maximum absolute atomic E-state index is 12.1. The summed E-state index contributed by atoms with van der Waals surface area (Å²) in [6.07, 6.45) is 0.201. The molecular formula is C15H25N3O2. The van der Waals surface area contributed by atoms with E-state index in [1.807, 2.05) is 38.8 Å². The molecule has 0 saturated heterocycles. The maximum atomic E-state index is 12.1. The minimum Gasteiger partial charge on any atom is -0.399 e. The average molecular weight is 279 g/mol. The van der Waals surface area contributed by atoms with E-state index in [1.54, 1.807) is 12.1 Å². The van der Waals surface area contributed by atoms with E-state index in [-0.39, 0.29) is 12.0 Å². The van der Waals surface area contributed by atoms with Gasteiger partial charge >= 0.3 is 0 Å². The summed E-state index contributed by atoms with van der Waals surface area (Å²) < 4.78 is 5.54. The first-order valence-corrected chi connectivity index (χ1v) is 6.96. The van der Waals surface area contributed by atoms with Crippen molar-refractivity contribution >= 4 is 17.3 Å². The Morgan fingerprint density at radius 1 is 1.45 bits per heavy atom. The van der Waals surface area contributed by atoms with Gasteiger partial charge in [0.15, 0.2) is 0 Å². The largest absolute Gasteiger partial charge is 0.399 e. The summed E-state index contributed by atoms with van der Waals surface area (Å²) in [5, 5.41) is 2.81. The zero-order valence-corrected chi connectivity index (χ0v) is 12.8. The van der Waals surface area contributed by atoms with Crippen molar-refractivity contribution in [1.82, 2.24) is 5.32 Å². The highest BCUT2D eigenvalue weighted by molar-refractivity contribution is 6.00. The lowest BCUT2D eigenvalue weighted by molar-refractivity contribution is 0.0844. The van der Waals surface area contributed by atoms with E-state index in [0.29, 0.717) is 30.9 Å². The number of nitrogens with zero attached hydrogens (tertiary/aromatic N) is 1. The Balaban J connectivity index is 2.85. The Labute approximate surface area is 121 Å². The van der Waals surface area contributed by atoms with Crippen molar-refractivity contribution in [1.29, 1.82) is 0 Å². The van der Waals surface area contributed by atoms with Gasteiger partial charge in [-0.05, 0) is 39.0 Å². The lowest BCUT2D eigenvalue weighted by Crippen LogP contribution is -2.29. The standard InChI is InChI=1S/C15H25N3O2/c1-5-17-15(19)13-7-6-12(16)10-14(13)18(4)8-9-20-11(2)3/h6-7,10-11H,5,8-9,16H2,1-4H3,(H,17,19). The molecule has 0 atom stereocenters. The number of nitrogen functional groups attached to an aromatic ring is 1. The molecule has 112 valence electrons. The second-order valence-electron chi connectivity index (χ2n) is 4.98. The second-order valence-corrected chi connectivity index (χ2v) is 4.98. The predicted molar refractivity (Wildman–Crippen MR) is 83.2 cm³/mol. The molecule has 0 bridgehead atoms. The third-order valence-corrected chi connectivity index (χ3v) is 2.89. The van der Waals surface area contributed by atoms with Crippen molar-refractivity contribution in [3.63, 3.8) is 0 Å². The highest BCUT2D eigenvalue weighted by atomic mass is 16.5. The van der Waals surface area contributed by atoms with Crippen molar-refractivity contribution < 1.29 is 9.53 Å². The Morgan fingerprint density at radius 3 is 2.75 bits per heavy atom. The molecule has 0 aromatic heterocycles. The van der Waals surface area contributed by atoms with E-state index >= 15 is 0 Å². The van der Waals surface area contributed by atoms with Crippen LogP contribution < -0.4 is 16.0 Å². The van der Waals surface area contributed by atoms with Gasteiger partial charge in [0.25, 0.3) is 5.91 Å². The zero-order valence-electron chi connectivity index (χ0n) is 12.8. The number of carbonyl (C=O) groups is 1. The van der Waals surface area contributed by atoms with Crippen LogP contribution in [0.1, 0.15) is 31.1 Å². The molecule has 5 heteroatoms. The maximum Gasteiger partial charge on any atom is 0.253 e. The topological polar surface area (TPSA) is 67.6 Å². The van der Waals surface area contributed by atoms with E-state index in [0.717, 1.165) is 5.69 Å². The molecule has 0 aliphatic carbocycles. The Morgan fingerprint density at radius 2 is 2.15 bits per heavy atom. The number of ether oxygens (including phenoxy) is 1. The summed E-state index contributed by atoms with van der Waals surface area (Å²) in [5.41, 5.74) is 7.92. The number of hydrogen-bond acceptors (Lipinski definition) is 4. The number of likely N-dealkylation sites (N-methyl/N-ethyl adjacent to an activating group) is 1. The first-order chi connectivity index (χ1) is 9.45. The molecule has 1 amide bonds. The van der Waals surface area contributed by atoms with Crippen LogP contribution in [0.5, 0.6) is 0 Å². The summed E-state index contributed by atoms with van der Waals surface area (Å²) in [7, 11) is 1.93. The van der Waals surface area contributed by atoms with Crippen LogP contribution in [0.4, 0.5) is 11.4 Å². The summed E-state index contributed by atoms with van der Waals surface area (Å²) in [5.74, 6) is -0.0841. The van der Waals surface area contributed by atoms with Crippen molar-refractivity contribution in [2.75, 3.05) is 37.4 Å². The molecule has 0 aliphatic heterocycles. The molecule has 1 aromatic rings. The third-order valence-electron chi connectivity index (χ3n) is 2.89. The smallest absolute Gasteiger partial charge is 0.253 e. The molecule has 0 spiro atoms. The molecule has 5 nitrogen and oxygen atoms in total. The number of hydrogen-bond donors (Lipinski definition) is 2. The Kier molecular flexibility index (Phi) is 6.31. The zero-order chi connectivity index (χ0) is 15.1. The highest BCUT2D eigenvalue weighted by Gasteiger charge is 2.14. The molecule has 0 fully saturated rings. The number of nitrogens with one attached hydrogen (secondary N) is 1. The van der Waals surface area contributed by atoms with Gasteiger partial charge < -0.3 is 20.7 Å². The lowest BCUT2D eigenvalue weighted by Gasteiger charge is -2.23. The summed E-state index contributed by atoms with van der Waals surface area (Å²) >= 11 is 0. The molecule has 0 unspecified atom stereocenters. The van der Waals surface area contributed by atoms with Gasteiger partial charge in [-0.15, -0.1) is 0 Å². The van der Waals surface area contributed by atoms with Crippen LogP contribution in [0.2, 0.25) is 0 Å². The van der Waals surface area contributed by atoms with Crippen LogP contribution in [-0.2, 0) is 4.74 Å². The van der Waals surface area contributed by atoms with Crippen molar-refractivity contribution in [3.05, 3.63) is 23.8 Å². The summed E-state index contributed by atoms with van der Waals surface area (Å²) in [4.78, 5) is 14.0. The molecule has 1 aromatic carbocycles. The average Bonchev–Trinajstić information content (AvgIpc) is 2.38. The fourth-order valence-electron chi connectivity index (χ4n) is 1.86. The van der Waals surface area contributed by atoms with E-state index in [1.165, 1.54) is 0 Å². The molecule has 0 heterocycles. The van der Waals surface area contributed by atoms with Gasteiger partial charge in [-0.1, -0.05) is 0 Å². The number of benzene rings is 1. The molecule has 0 aliphatic rings. The van der Waals surface area contributed by atoms with E-state index < -0.39 is 0 Å². The Bertz CT molecular complexity index is 447. The molecule has 0 radical (unpaired) electrons. The van der Waals surface area contributed by atoms with Crippen LogP contribution in [0.3, 0.4) is 0 Å². The van der Waals surface area contributed by atoms with Crippen molar-refractivity contribution in [2.45, 2.75) is 26.9 Å². The number of anilines is 2. The SMILES string of the molecule is CCNC(=O)c1ccc(N)cc1N(C)CCOC(C)C.